The van der Waals surface area contributed by atoms with Crippen molar-refractivity contribution in [2.75, 3.05) is 51.3 Å². The summed E-state index contributed by atoms with van der Waals surface area (Å²) in [5.41, 5.74) is 0.345. The molecular formula is C22H31N3O3. The Balaban J connectivity index is 1.40. The highest BCUT2D eigenvalue weighted by atomic mass is 16.5. The van der Waals surface area contributed by atoms with Crippen LogP contribution in [0.4, 0.5) is 5.69 Å². The van der Waals surface area contributed by atoms with Crippen LogP contribution in [0.25, 0.3) is 0 Å². The average Bonchev–Trinajstić information content (AvgIpc) is 2.73. The average molecular weight is 386 g/mol. The van der Waals surface area contributed by atoms with Gasteiger partial charge in [0, 0.05) is 24.2 Å². The van der Waals surface area contributed by atoms with Crippen LogP contribution in [0.1, 0.15) is 32.6 Å². The molecule has 0 bridgehead atoms. The molecule has 3 heterocycles. The van der Waals surface area contributed by atoms with Crippen molar-refractivity contribution in [3.05, 3.63) is 30.3 Å². The number of hydrogen-bond acceptors (Lipinski definition) is 4. The number of hydrogen-bond donors (Lipinski definition) is 0. The Labute approximate surface area is 167 Å². The number of rotatable bonds is 2. The van der Waals surface area contributed by atoms with Crippen molar-refractivity contribution in [2.24, 2.45) is 5.41 Å². The van der Waals surface area contributed by atoms with E-state index in [4.69, 9.17) is 4.74 Å². The lowest BCUT2D eigenvalue weighted by atomic mass is 9.78. The fraction of sp³-hybridized carbons (Fsp3) is 0.636. The van der Waals surface area contributed by atoms with E-state index in [2.05, 4.69) is 18.9 Å². The summed E-state index contributed by atoms with van der Waals surface area (Å²) in [7, 11) is 2.12. The zero-order chi connectivity index (χ0) is 19.8. The SMILES string of the molecule is CN1CCC(C)(C(=O)N2CCC3(CC2)CN(c2ccccc2)C(=O)CO3)CC1. The lowest BCUT2D eigenvalue weighted by molar-refractivity contribution is -0.156. The first-order valence-electron chi connectivity index (χ1n) is 10.4. The van der Waals surface area contributed by atoms with E-state index < -0.39 is 0 Å². The van der Waals surface area contributed by atoms with E-state index in [-0.39, 0.29) is 23.5 Å². The molecule has 28 heavy (non-hydrogen) atoms. The van der Waals surface area contributed by atoms with Crippen molar-refractivity contribution in [1.82, 2.24) is 9.80 Å². The van der Waals surface area contributed by atoms with Gasteiger partial charge in [-0.05, 0) is 58.0 Å². The van der Waals surface area contributed by atoms with E-state index in [1.165, 1.54) is 0 Å². The van der Waals surface area contributed by atoms with E-state index >= 15 is 0 Å². The molecular weight excluding hydrogens is 354 g/mol. The van der Waals surface area contributed by atoms with Gasteiger partial charge in [0.2, 0.25) is 5.91 Å². The van der Waals surface area contributed by atoms with Gasteiger partial charge < -0.3 is 19.4 Å². The van der Waals surface area contributed by atoms with Gasteiger partial charge in [-0.25, -0.2) is 0 Å². The summed E-state index contributed by atoms with van der Waals surface area (Å²) in [4.78, 5) is 31.8. The lowest BCUT2D eigenvalue weighted by Crippen LogP contribution is -2.60. The number of morpholine rings is 1. The highest BCUT2D eigenvalue weighted by Gasteiger charge is 2.46. The summed E-state index contributed by atoms with van der Waals surface area (Å²) in [6, 6.07) is 9.80. The fourth-order valence-electron chi connectivity index (χ4n) is 4.69. The van der Waals surface area contributed by atoms with Crippen LogP contribution >= 0.6 is 0 Å². The van der Waals surface area contributed by atoms with E-state index in [0.717, 1.165) is 44.5 Å². The van der Waals surface area contributed by atoms with Crippen molar-refractivity contribution in [3.63, 3.8) is 0 Å². The minimum Gasteiger partial charge on any atom is -0.363 e. The second kappa shape index (κ2) is 7.48. The predicted octanol–water partition coefficient (Wildman–Crippen LogP) is 2.14. The van der Waals surface area contributed by atoms with Gasteiger partial charge in [-0.1, -0.05) is 25.1 Å². The number of ether oxygens (including phenoxy) is 1. The maximum Gasteiger partial charge on any atom is 0.253 e. The lowest BCUT2D eigenvalue weighted by Gasteiger charge is -2.48. The van der Waals surface area contributed by atoms with Gasteiger partial charge in [-0.3, -0.25) is 9.59 Å². The number of benzene rings is 1. The Bertz CT molecular complexity index is 720. The molecule has 0 aliphatic carbocycles. The number of likely N-dealkylation sites (tertiary alicyclic amines) is 2. The number of anilines is 1. The van der Waals surface area contributed by atoms with Gasteiger partial charge >= 0.3 is 0 Å². The molecule has 152 valence electrons. The van der Waals surface area contributed by atoms with Crippen molar-refractivity contribution >= 4 is 17.5 Å². The van der Waals surface area contributed by atoms with Gasteiger partial charge in [0.1, 0.15) is 6.61 Å². The largest absolute Gasteiger partial charge is 0.363 e. The van der Waals surface area contributed by atoms with Crippen LogP contribution in [-0.4, -0.2) is 73.6 Å². The first kappa shape index (κ1) is 19.4. The quantitative estimate of drug-likeness (QED) is 0.783. The van der Waals surface area contributed by atoms with Crippen LogP contribution in [0.15, 0.2) is 30.3 Å². The number of carbonyl (C=O) groups is 2. The van der Waals surface area contributed by atoms with Gasteiger partial charge in [0.05, 0.1) is 12.1 Å². The van der Waals surface area contributed by atoms with Crippen molar-refractivity contribution in [3.8, 4) is 0 Å². The van der Waals surface area contributed by atoms with Crippen LogP contribution in [0.3, 0.4) is 0 Å². The number of carbonyl (C=O) groups excluding carboxylic acids is 2. The Morgan fingerprint density at radius 3 is 2.29 bits per heavy atom. The molecule has 6 heteroatoms. The van der Waals surface area contributed by atoms with Crippen LogP contribution < -0.4 is 4.90 Å². The number of para-hydroxylation sites is 1. The van der Waals surface area contributed by atoms with E-state index in [0.29, 0.717) is 25.5 Å². The zero-order valence-corrected chi connectivity index (χ0v) is 17.0. The maximum absolute atomic E-state index is 13.2. The molecule has 1 aromatic carbocycles. The van der Waals surface area contributed by atoms with E-state index in [1.807, 2.05) is 40.1 Å². The van der Waals surface area contributed by atoms with E-state index in [9.17, 15) is 9.59 Å². The Morgan fingerprint density at radius 1 is 1.00 bits per heavy atom. The van der Waals surface area contributed by atoms with Crippen LogP contribution in [0.2, 0.25) is 0 Å². The first-order valence-corrected chi connectivity index (χ1v) is 10.4. The summed E-state index contributed by atoms with van der Waals surface area (Å²) < 4.78 is 6.05. The van der Waals surface area contributed by atoms with Crippen LogP contribution in [0.5, 0.6) is 0 Å². The molecule has 3 aliphatic heterocycles. The Morgan fingerprint density at radius 2 is 1.64 bits per heavy atom. The minimum atomic E-state index is -0.339. The number of nitrogens with zero attached hydrogens (tertiary/aromatic N) is 3. The molecule has 0 N–H and O–H groups in total. The first-order chi connectivity index (χ1) is 13.4. The predicted molar refractivity (Wildman–Crippen MR) is 108 cm³/mol. The smallest absolute Gasteiger partial charge is 0.253 e. The van der Waals surface area contributed by atoms with Gasteiger partial charge in [-0.15, -0.1) is 0 Å². The van der Waals surface area contributed by atoms with Crippen molar-refractivity contribution < 1.29 is 14.3 Å². The third-order valence-corrected chi connectivity index (χ3v) is 6.89. The second-order valence-electron chi connectivity index (χ2n) is 8.94. The molecule has 4 rings (SSSR count). The second-order valence-corrected chi connectivity index (χ2v) is 8.94. The monoisotopic (exact) mass is 385 g/mol. The molecule has 2 amide bonds. The summed E-state index contributed by atoms with van der Waals surface area (Å²) in [6.07, 6.45) is 3.42. The third-order valence-electron chi connectivity index (χ3n) is 6.89. The van der Waals surface area contributed by atoms with Gasteiger partial charge in [0.15, 0.2) is 0 Å². The Hall–Kier alpha value is -1.92. The highest BCUT2D eigenvalue weighted by molar-refractivity contribution is 5.95. The summed E-state index contributed by atoms with van der Waals surface area (Å²) in [5.74, 6) is 0.302. The molecule has 0 aromatic heterocycles. The number of amides is 2. The number of piperidine rings is 2. The molecule has 0 radical (unpaired) electrons. The molecule has 3 aliphatic rings. The van der Waals surface area contributed by atoms with Crippen LogP contribution in [0, 0.1) is 5.41 Å². The molecule has 0 atom stereocenters. The molecule has 3 fully saturated rings. The standard InChI is InChI=1S/C22H31N3O3/c1-21(8-12-23(2)13-9-21)20(27)24-14-10-22(11-15-24)17-25(19(26)16-28-22)18-6-4-3-5-7-18/h3-7H,8-17H2,1-2H3. The van der Waals surface area contributed by atoms with Gasteiger partial charge in [0.25, 0.3) is 5.91 Å². The summed E-state index contributed by atoms with van der Waals surface area (Å²) in [6.45, 7) is 6.20. The molecule has 6 nitrogen and oxygen atoms in total. The molecule has 1 aromatic rings. The van der Waals surface area contributed by atoms with Crippen molar-refractivity contribution in [2.45, 2.75) is 38.2 Å². The Kier molecular flexibility index (Phi) is 5.19. The van der Waals surface area contributed by atoms with Crippen LogP contribution in [-0.2, 0) is 14.3 Å². The molecule has 0 unspecified atom stereocenters. The summed E-state index contributed by atoms with van der Waals surface area (Å²) >= 11 is 0. The summed E-state index contributed by atoms with van der Waals surface area (Å²) in [5, 5.41) is 0. The fourth-order valence-corrected chi connectivity index (χ4v) is 4.69. The molecule has 0 saturated carbocycles. The van der Waals surface area contributed by atoms with Crippen molar-refractivity contribution in [1.29, 1.82) is 0 Å². The minimum absolute atomic E-state index is 0.00849. The third kappa shape index (κ3) is 3.67. The molecule has 1 spiro atoms. The normalized spacial score (nSPS) is 25.1. The topological polar surface area (TPSA) is 53.1 Å². The van der Waals surface area contributed by atoms with E-state index in [1.54, 1.807) is 0 Å². The maximum atomic E-state index is 13.2. The molecule has 3 saturated heterocycles. The van der Waals surface area contributed by atoms with Gasteiger partial charge in [-0.2, -0.15) is 0 Å². The zero-order valence-electron chi connectivity index (χ0n) is 17.0. The highest BCUT2D eigenvalue weighted by Crippen LogP contribution is 2.37.